The number of benzene rings is 2. The summed E-state index contributed by atoms with van der Waals surface area (Å²) in [5.74, 6) is 0.0510. The molecule has 0 atom stereocenters. The Labute approximate surface area is 142 Å². The van der Waals surface area contributed by atoms with Crippen LogP contribution in [0.15, 0.2) is 48.5 Å². The van der Waals surface area contributed by atoms with E-state index in [9.17, 15) is 14.9 Å². The van der Waals surface area contributed by atoms with E-state index in [2.05, 4.69) is 0 Å². The number of carbonyl (C=O) groups excluding carboxylic acids is 1. The Morgan fingerprint density at radius 3 is 2.79 bits per heavy atom. The van der Waals surface area contributed by atoms with Crippen molar-refractivity contribution in [2.45, 2.75) is 0 Å². The summed E-state index contributed by atoms with van der Waals surface area (Å²) in [5.41, 5.74) is 0.441. The summed E-state index contributed by atoms with van der Waals surface area (Å²) < 4.78 is 5.26. The van der Waals surface area contributed by atoms with Gasteiger partial charge in [-0.2, -0.15) is 5.26 Å². The van der Waals surface area contributed by atoms with Crippen molar-refractivity contribution in [1.29, 1.82) is 5.26 Å². The first-order chi connectivity index (χ1) is 11.5. The maximum Gasteiger partial charge on any atom is 0.288 e. The highest BCUT2D eigenvalue weighted by Gasteiger charge is 2.15. The second-order valence-corrected chi connectivity index (χ2v) is 5.01. The van der Waals surface area contributed by atoms with Gasteiger partial charge in [0, 0.05) is 17.2 Å². The monoisotopic (exact) mass is 342 g/mol. The number of nitro groups is 1. The predicted octanol–water partition coefficient (Wildman–Crippen LogP) is 4.05. The standard InChI is InChI=1S/C17H11ClN2O4/c18-14-7-5-13(11-15(14)20(22)23)16(21)8-6-12-3-1-2-4-17(12)24-10-9-19/h1-8,11H,10H2/b8-6+. The fourth-order valence-corrected chi connectivity index (χ4v) is 2.11. The number of ketones is 1. The molecule has 0 saturated carbocycles. The number of hydrogen-bond acceptors (Lipinski definition) is 5. The minimum atomic E-state index is -0.645. The minimum absolute atomic E-state index is 0.0317. The van der Waals surface area contributed by atoms with Crippen LogP contribution in [0.4, 0.5) is 5.69 Å². The molecule has 120 valence electrons. The van der Waals surface area contributed by atoms with Crippen molar-refractivity contribution < 1.29 is 14.5 Å². The second kappa shape index (κ2) is 7.90. The number of rotatable bonds is 6. The first-order valence-electron chi connectivity index (χ1n) is 6.78. The van der Waals surface area contributed by atoms with E-state index in [1.54, 1.807) is 24.3 Å². The first-order valence-corrected chi connectivity index (χ1v) is 7.16. The van der Waals surface area contributed by atoms with Crippen LogP contribution in [0.25, 0.3) is 6.08 Å². The zero-order valence-corrected chi connectivity index (χ0v) is 13.1. The fourth-order valence-electron chi connectivity index (χ4n) is 1.93. The van der Waals surface area contributed by atoms with Gasteiger partial charge in [0.15, 0.2) is 12.4 Å². The Morgan fingerprint density at radius 2 is 2.08 bits per heavy atom. The Kier molecular flexibility index (Phi) is 5.66. The highest BCUT2D eigenvalue weighted by Crippen LogP contribution is 2.26. The molecule has 2 aromatic carbocycles. The largest absolute Gasteiger partial charge is 0.478 e. The van der Waals surface area contributed by atoms with Crippen molar-refractivity contribution in [2.24, 2.45) is 0 Å². The normalized spacial score (nSPS) is 10.3. The Balaban J connectivity index is 2.24. The molecule has 0 heterocycles. The van der Waals surface area contributed by atoms with Gasteiger partial charge in [-0.1, -0.05) is 29.8 Å². The number of para-hydroxylation sites is 1. The second-order valence-electron chi connectivity index (χ2n) is 4.61. The van der Waals surface area contributed by atoms with E-state index in [1.165, 1.54) is 24.3 Å². The Morgan fingerprint density at radius 1 is 1.33 bits per heavy atom. The van der Waals surface area contributed by atoms with Crippen LogP contribution in [0.3, 0.4) is 0 Å². The molecule has 0 aliphatic carbocycles. The van der Waals surface area contributed by atoms with Gasteiger partial charge in [-0.15, -0.1) is 0 Å². The molecular weight excluding hydrogens is 332 g/mol. The summed E-state index contributed by atoms with van der Waals surface area (Å²) >= 11 is 5.72. The molecule has 0 radical (unpaired) electrons. The predicted molar refractivity (Wildman–Crippen MR) is 89.0 cm³/mol. The minimum Gasteiger partial charge on any atom is -0.478 e. The lowest BCUT2D eigenvalue weighted by molar-refractivity contribution is -0.384. The highest BCUT2D eigenvalue weighted by molar-refractivity contribution is 6.32. The average Bonchev–Trinajstić information content (AvgIpc) is 2.58. The van der Waals surface area contributed by atoms with Crippen LogP contribution < -0.4 is 4.74 Å². The summed E-state index contributed by atoms with van der Waals surface area (Å²) in [4.78, 5) is 22.4. The third-order valence-corrected chi connectivity index (χ3v) is 3.37. The summed E-state index contributed by atoms with van der Waals surface area (Å²) in [6, 6.07) is 12.6. The van der Waals surface area contributed by atoms with Gasteiger partial charge in [-0.25, -0.2) is 0 Å². The molecule has 0 aromatic heterocycles. The van der Waals surface area contributed by atoms with E-state index >= 15 is 0 Å². The summed E-state index contributed by atoms with van der Waals surface area (Å²) in [6.45, 7) is -0.109. The van der Waals surface area contributed by atoms with Crippen LogP contribution in [0.5, 0.6) is 5.75 Å². The van der Waals surface area contributed by atoms with Crippen molar-refractivity contribution in [3.8, 4) is 11.8 Å². The lowest BCUT2D eigenvalue weighted by atomic mass is 10.1. The number of halogens is 1. The van der Waals surface area contributed by atoms with Gasteiger partial charge < -0.3 is 4.74 Å². The van der Waals surface area contributed by atoms with E-state index in [1.807, 2.05) is 6.07 Å². The van der Waals surface area contributed by atoms with E-state index in [0.29, 0.717) is 11.3 Å². The van der Waals surface area contributed by atoms with E-state index in [4.69, 9.17) is 21.6 Å². The molecule has 0 fully saturated rings. The molecule has 0 saturated heterocycles. The maximum atomic E-state index is 12.2. The van der Waals surface area contributed by atoms with E-state index < -0.39 is 10.7 Å². The molecule has 0 aliphatic rings. The fraction of sp³-hybridized carbons (Fsp3) is 0.0588. The number of nitrogens with zero attached hydrogens (tertiary/aromatic N) is 2. The van der Waals surface area contributed by atoms with Gasteiger partial charge in [-0.3, -0.25) is 14.9 Å². The molecule has 0 amide bonds. The van der Waals surface area contributed by atoms with Crippen molar-refractivity contribution in [3.05, 3.63) is 74.8 Å². The first kappa shape index (κ1) is 17.2. The number of allylic oxidation sites excluding steroid dienone is 1. The topological polar surface area (TPSA) is 93.2 Å². The van der Waals surface area contributed by atoms with Gasteiger partial charge >= 0.3 is 0 Å². The van der Waals surface area contributed by atoms with Gasteiger partial charge in [-0.05, 0) is 30.4 Å². The lowest BCUT2D eigenvalue weighted by Crippen LogP contribution is -1.98. The lowest BCUT2D eigenvalue weighted by Gasteiger charge is -2.05. The Bertz CT molecular complexity index is 856. The third-order valence-electron chi connectivity index (χ3n) is 3.05. The van der Waals surface area contributed by atoms with Crippen LogP contribution in [0.2, 0.25) is 5.02 Å². The molecule has 0 unspecified atom stereocenters. The number of carbonyl (C=O) groups is 1. The Hall–Kier alpha value is -3.17. The van der Waals surface area contributed by atoms with Crippen molar-refractivity contribution >= 4 is 29.1 Å². The molecule has 0 spiro atoms. The molecule has 6 nitrogen and oxygen atoms in total. The average molecular weight is 343 g/mol. The number of nitro benzene ring substituents is 1. The molecule has 0 aliphatic heterocycles. The molecule has 24 heavy (non-hydrogen) atoms. The molecule has 0 bridgehead atoms. The van der Waals surface area contributed by atoms with Crippen LogP contribution in [0, 0.1) is 21.4 Å². The number of hydrogen-bond donors (Lipinski definition) is 0. The third kappa shape index (κ3) is 4.18. The smallest absolute Gasteiger partial charge is 0.288 e. The van der Waals surface area contributed by atoms with Crippen LogP contribution in [-0.2, 0) is 0 Å². The molecule has 2 aromatic rings. The quantitative estimate of drug-likeness (QED) is 0.341. The van der Waals surface area contributed by atoms with Crippen LogP contribution in [-0.4, -0.2) is 17.3 Å². The molecule has 2 rings (SSSR count). The van der Waals surface area contributed by atoms with Crippen molar-refractivity contribution in [1.82, 2.24) is 0 Å². The van der Waals surface area contributed by atoms with Crippen LogP contribution in [0.1, 0.15) is 15.9 Å². The zero-order chi connectivity index (χ0) is 17.5. The SMILES string of the molecule is N#CCOc1ccccc1/C=C/C(=O)c1ccc(Cl)c([N+](=O)[O-])c1. The van der Waals surface area contributed by atoms with Gasteiger partial charge in [0.1, 0.15) is 16.8 Å². The summed E-state index contributed by atoms with van der Waals surface area (Å²) in [5, 5.41) is 19.4. The van der Waals surface area contributed by atoms with Gasteiger partial charge in [0.25, 0.3) is 5.69 Å². The van der Waals surface area contributed by atoms with Crippen molar-refractivity contribution in [2.75, 3.05) is 6.61 Å². The van der Waals surface area contributed by atoms with E-state index in [-0.39, 0.29) is 22.9 Å². The molecule has 7 heteroatoms. The molecule has 0 N–H and O–H groups in total. The van der Waals surface area contributed by atoms with Crippen molar-refractivity contribution in [3.63, 3.8) is 0 Å². The van der Waals surface area contributed by atoms with Gasteiger partial charge in [0.2, 0.25) is 0 Å². The summed E-state index contributed by atoms with van der Waals surface area (Å²) in [7, 11) is 0. The van der Waals surface area contributed by atoms with Gasteiger partial charge in [0.05, 0.1) is 4.92 Å². The van der Waals surface area contributed by atoms with E-state index in [0.717, 1.165) is 6.07 Å². The highest BCUT2D eigenvalue weighted by atomic mass is 35.5. The maximum absolute atomic E-state index is 12.2. The molecular formula is C17H11ClN2O4. The summed E-state index contributed by atoms with van der Waals surface area (Å²) in [6.07, 6.45) is 2.80. The zero-order valence-electron chi connectivity index (χ0n) is 12.3. The number of ether oxygens (including phenoxy) is 1. The number of nitriles is 1. The van der Waals surface area contributed by atoms with Crippen LogP contribution >= 0.6 is 11.6 Å².